The van der Waals surface area contributed by atoms with Gasteiger partial charge in [-0.15, -0.1) is 0 Å². The molecule has 0 amide bonds. The molecule has 18 heavy (non-hydrogen) atoms. The van der Waals surface area contributed by atoms with E-state index in [0.29, 0.717) is 0 Å². The Hall–Kier alpha value is -1.29. The first-order valence-corrected chi connectivity index (χ1v) is 9.25. The Morgan fingerprint density at radius 1 is 1.22 bits per heavy atom. The molecule has 2 aromatic rings. The van der Waals surface area contributed by atoms with Crippen molar-refractivity contribution in [2.45, 2.75) is 45.8 Å². The predicted molar refractivity (Wildman–Crippen MR) is 78.7 cm³/mol. The fourth-order valence-corrected chi connectivity index (χ4v) is 2.65. The summed E-state index contributed by atoms with van der Waals surface area (Å²) < 4.78 is 6.30. The zero-order chi connectivity index (χ0) is 13.6. The molecular formula is C14H22N2OSi. The average molecular weight is 262 g/mol. The van der Waals surface area contributed by atoms with Crippen LogP contribution < -0.4 is 4.43 Å². The quantitative estimate of drug-likeness (QED) is 0.821. The van der Waals surface area contributed by atoms with Gasteiger partial charge in [0.05, 0.1) is 5.52 Å². The molecule has 2 rings (SSSR count). The summed E-state index contributed by atoms with van der Waals surface area (Å²) >= 11 is 0. The molecule has 4 heteroatoms. The Kier molecular flexibility index (Phi) is 3.01. The van der Waals surface area contributed by atoms with E-state index < -0.39 is 8.32 Å². The van der Waals surface area contributed by atoms with Gasteiger partial charge in [0.25, 0.3) is 0 Å². The lowest BCUT2D eigenvalue weighted by Crippen LogP contribution is -2.43. The third-order valence-electron chi connectivity index (χ3n) is 3.90. The normalized spacial score (nSPS) is 13.0. The van der Waals surface area contributed by atoms with Crippen LogP contribution in [0.2, 0.25) is 18.1 Å². The Bertz CT molecular complexity index is 567. The van der Waals surface area contributed by atoms with Gasteiger partial charge in [-0.25, -0.2) is 0 Å². The molecule has 0 aliphatic rings. The second-order valence-electron chi connectivity index (χ2n) is 6.39. The maximum Gasteiger partial charge on any atom is 0.250 e. The first kappa shape index (κ1) is 13.1. The minimum absolute atomic E-state index is 0.216. The van der Waals surface area contributed by atoms with E-state index in [1.807, 2.05) is 19.1 Å². The van der Waals surface area contributed by atoms with Gasteiger partial charge in [-0.05, 0) is 43.3 Å². The molecule has 98 valence electrons. The molecule has 0 bridgehead atoms. The lowest BCUT2D eigenvalue weighted by Gasteiger charge is -2.36. The van der Waals surface area contributed by atoms with E-state index in [2.05, 4.69) is 50.1 Å². The standard InChI is InChI=1S/C14H22N2OSi/c1-10-12-9-11(7-8-13(12)16-15-10)17-18(5,6)14(2,3)4/h7-9H,1-6H3,(H,15,16). The average Bonchev–Trinajstić information content (AvgIpc) is 2.58. The van der Waals surface area contributed by atoms with Crippen LogP contribution in [0.15, 0.2) is 18.2 Å². The molecule has 1 heterocycles. The van der Waals surface area contributed by atoms with Crippen LogP contribution in [0.4, 0.5) is 0 Å². The van der Waals surface area contributed by atoms with Gasteiger partial charge in [-0.3, -0.25) is 5.10 Å². The third-order valence-corrected chi connectivity index (χ3v) is 8.25. The topological polar surface area (TPSA) is 37.9 Å². The van der Waals surface area contributed by atoms with Gasteiger partial charge in [0.15, 0.2) is 0 Å². The maximum absolute atomic E-state index is 6.30. The van der Waals surface area contributed by atoms with Crippen molar-refractivity contribution >= 4 is 19.2 Å². The molecule has 1 aromatic carbocycles. The summed E-state index contributed by atoms with van der Waals surface area (Å²) in [6.07, 6.45) is 0. The molecule has 0 aliphatic carbocycles. The second-order valence-corrected chi connectivity index (χ2v) is 11.1. The largest absolute Gasteiger partial charge is 0.543 e. The van der Waals surface area contributed by atoms with Gasteiger partial charge in [0, 0.05) is 11.1 Å². The van der Waals surface area contributed by atoms with Gasteiger partial charge < -0.3 is 4.43 Å². The first-order chi connectivity index (χ1) is 8.21. The van der Waals surface area contributed by atoms with E-state index in [0.717, 1.165) is 22.3 Å². The van der Waals surface area contributed by atoms with Gasteiger partial charge in [-0.1, -0.05) is 20.8 Å². The van der Waals surface area contributed by atoms with Crippen LogP contribution in [0, 0.1) is 6.92 Å². The molecule has 0 saturated heterocycles. The Morgan fingerprint density at radius 3 is 2.50 bits per heavy atom. The lowest BCUT2D eigenvalue weighted by molar-refractivity contribution is 0.493. The van der Waals surface area contributed by atoms with Crippen LogP contribution >= 0.6 is 0 Å². The fraction of sp³-hybridized carbons (Fsp3) is 0.500. The van der Waals surface area contributed by atoms with Crippen LogP contribution in [-0.4, -0.2) is 18.5 Å². The van der Waals surface area contributed by atoms with Crippen LogP contribution in [0.5, 0.6) is 5.75 Å². The van der Waals surface area contributed by atoms with E-state index >= 15 is 0 Å². The van der Waals surface area contributed by atoms with Gasteiger partial charge in [-0.2, -0.15) is 5.10 Å². The fourth-order valence-electron chi connectivity index (χ4n) is 1.63. The summed E-state index contributed by atoms with van der Waals surface area (Å²) in [6.45, 7) is 13.3. The van der Waals surface area contributed by atoms with Crippen molar-refractivity contribution in [2.24, 2.45) is 0 Å². The lowest BCUT2D eigenvalue weighted by atomic mass is 10.2. The first-order valence-electron chi connectivity index (χ1n) is 6.34. The molecule has 0 radical (unpaired) electrons. The molecule has 1 aromatic heterocycles. The number of H-pyrrole nitrogens is 1. The Labute approximate surface area is 110 Å². The summed E-state index contributed by atoms with van der Waals surface area (Å²) in [5.74, 6) is 0.957. The summed E-state index contributed by atoms with van der Waals surface area (Å²) in [7, 11) is -1.76. The van der Waals surface area contributed by atoms with Crippen molar-refractivity contribution in [3.63, 3.8) is 0 Å². The number of aromatic nitrogens is 2. The summed E-state index contributed by atoms with van der Waals surface area (Å²) in [4.78, 5) is 0. The van der Waals surface area contributed by atoms with Gasteiger partial charge in [0.1, 0.15) is 5.75 Å². The van der Waals surface area contributed by atoms with Crippen molar-refractivity contribution in [1.82, 2.24) is 10.2 Å². The van der Waals surface area contributed by atoms with E-state index in [-0.39, 0.29) is 5.04 Å². The number of aromatic amines is 1. The van der Waals surface area contributed by atoms with Crippen molar-refractivity contribution in [3.05, 3.63) is 23.9 Å². The van der Waals surface area contributed by atoms with Crippen LogP contribution in [-0.2, 0) is 0 Å². The van der Waals surface area contributed by atoms with Crippen molar-refractivity contribution in [3.8, 4) is 5.75 Å². The van der Waals surface area contributed by atoms with Crippen LogP contribution in [0.1, 0.15) is 26.5 Å². The predicted octanol–water partition coefficient (Wildman–Crippen LogP) is 4.26. The summed E-state index contributed by atoms with van der Waals surface area (Å²) in [6, 6.07) is 6.12. The summed E-state index contributed by atoms with van der Waals surface area (Å²) in [5.41, 5.74) is 2.08. The van der Waals surface area contributed by atoms with Crippen LogP contribution in [0.3, 0.4) is 0 Å². The monoisotopic (exact) mass is 262 g/mol. The molecule has 0 saturated carbocycles. The van der Waals surface area contributed by atoms with Gasteiger partial charge in [0.2, 0.25) is 8.32 Å². The smallest absolute Gasteiger partial charge is 0.250 e. The van der Waals surface area contributed by atoms with Crippen molar-refractivity contribution < 1.29 is 4.43 Å². The minimum atomic E-state index is -1.76. The Balaban J connectivity index is 2.35. The van der Waals surface area contributed by atoms with E-state index in [4.69, 9.17) is 4.43 Å². The number of rotatable bonds is 2. The highest BCUT2D eigenvalue weighted by Gasteiger charge is 2.38. The van der Waals surface area contributed by atoms with Gasteiger partial charge >= 0.3 is 0 Å². The molecule has 0 aliphatic heterocycles. The number of fused-ring (bicyclic) bond motifs is 1. The van der Waals surface area contributed by atoms with Crippen LogP contribution in [0.25, 0.3) is 10.9 Å². The van der Waals surface area contributed by atoms with E-state index in [9.17, 15) is 0 Å². The minimum Gasteiger partial charge on any atom is -0.543 e. The number of aryl methyl sites for hydroxylation is 1. The molecular weight excluding hydrogens is 240 g/mol. The third kappa shape index (κ3) is 2.29. The zero-order valence-corrected chi connectivity index (χ0v) is 13.1. The van der Waals surface area contributed by atoms with E-state index in [1.54, 1.807) is 0 Å². The molecule has 0 unspecified atom stereocenters. The number of nitrogens with one attached hydrogen (secondary N) is 1. The number of nitrogens with zero attached hydrogens (tertiary/aromatic N) is 1. The highest BCUT2D eigenvalue weighted by Crippen LogP contribution is 2.37. The van der Waals surface area contributed by atoms with Crippen molar-refractivity contribution in [1.29, 1.82) is 0 Å². The molecule has 1 N–H and O–H groups in total. The number of hydrogen-bond donors (Lipinski definition) is 1. The SMILES string of the molecule is Cc1[nH]nc2ccc(O[Si](C)(C)C(C)(C)C)cc12. The zero-order valence-electron chi connectivity index (χ0n) is 12.1. The number of hydrogen-bond acceptors (Lipinski definition) is 2. The highest BCUT2D eigenvalue weighted by atomic mass is 28.4. The molecule has 0 spiro atoms. The van der Waals surface area contributed by atoms with E-state index in [1.165, 1.54) is 0 Å². The molecule has 3 nitrogen and oxygen atoms in total. The Morgan fingerprint density at radius 2 is 1.89 bits per heavy atom. The second kappa shape index (κ2) is 4.12. The molecule has 0 fully saturated rings. The maximum atomic E-state index is 6.30. The van der Waals surface area contributed by atoms with Crippen molar-refractivity contribution in [2.75, 3.05) is 0 Å². The number of benzene rings is 1. The highest BCUT2D eigenvalue weighted by molar-refractivity contribution is 6.74. The summed E-state index contributed by atoms with van der Waals surface area (Å²) in [5, 5.41) is 8.60. The molecule has 0 atom stereocenters.